The summed E-state index contributed by atoms with van der Waals surface area (Å²) in [5.74, 6) is -0.684. The second kappa shape index (κ2) is 9.48. The monoisotopic (exact) mass is 435 g/mol. The van der Waals surface area contributed by atoms with Crippen molar-refractivity contribution in [3.63, 3.8) is 0 Å². The highest BCUT2D eigenvalue weighted by Gasteiger charge is 2.16. The maximum absolute atomic E-state index is 12.5. The van der Waals surface area contributed by atoms with E-state index in [0.717, 1.165) is 6.92 Å². The van der Waals surface area contributed by atoms with Crippen molar-refractivity contribution in [1.82, 2.24) is 10.0 Å². The highest BCUT2D eigenvalue weighted by molar-refractivity contribution is 7.90. The van der Waals surface area contributed by atoms with Crippen molar-refractivity contribution in [3.8, 4) is 5.75 Å². The van der Waals surface area contributed by atoms with E-state index in [9.17, 15) is 18.0 Å². The van der Waals surface area contributed by atoms with Crippen LogP contribution in [-0.4, -0.2) is 31.4 Å². The molecule has 0 heterocycles. The molecule has 0 aliphatic carbocycles. The van der Waals surface area contributed by atoms with Gasteiger partial charge in [-0.3, -0.25) is 14.9 Å². The van der Waals surface area contributed by atoms with Crippen LogP contribution in [-0.2, 0) is 14.8 Å². The average molecular weight is 436 g/mol. The number of ether oxygens (including phenoxy) is 1. The molecule has 0 aromatic heterocycles. The van der Waals surface area contributed by atoms with Gasteiger partial charge < -0.3 is 10.1 Å². The standard InChI is InChI=1S/C19H21N3O5S2/c1-12(2)27-17-7-5-4-6-16(17)18(24)21-19(28)20-14-8-10-15(11-9-14)29(25,26)22-13(3)23/h4-12H,1-3H3,(H,22,23)(H2,20,21,24,28). The molecule has 0 unspecified atom stereocenters. The number of hydrogen-bond acceptors (Lipinski definition) is 6. The third-order valence-electron chi connectivity index (χ3n) is 3.42. The summed E-state index contributed by atoms with van der Waals surface area (Å²) in [6.45, 7) is 4.83. The first-order valence-electron chi connectivity index (χ1n) is 8.60. The molecule has 29 heavy (non-hydrogen) atoms. The maximum Gasteiger partial charge on any atom is 0.264 e. The molecule has 2 aromatic rings. The van der Waals surface area contributed by atoms with Crippen molar-refractivity contribution in [1.29, 1.82) is 0 Å². The van der Waals surface area contributed by atoms with Crippen molar-refractivity contribution in [2.24, 2.45) is 0 Å². The fourth-order valence-electron chi connectivity index (χ4n) is 2.31. The number of thiocarbonyl (C=S) groups is 1. The zero-order valence-corrected chi connectivity index (χ0v) is 17.7. The van der Waals surface area contributed by atoms with Crippen LogP contribution in [0.1, 0.15) is 31.1 Å². The Bertz CT molecular complexity index is 1020. The third-order valence-corrected chi connectivity index (χ3v) is 5.08. The van der Waals surface area contributed by atoms with E-state index < -0.39 is 21.8 Å². The fraction of sp³-hybridized carbons (Fsp3) is 0.211. The first-order chi connectivity index (χ1) is 13.6. The molecule has 0 bridgehead atoms. The molecule has 154 valence electrons. The minimum atomic E-state index is -3.92. The Balaban J connectivity index is 2.05. The van der Waals surface area contributed by atoms with Gasteiger partial charge in [0, 0.05) is 12.6 Å². The van der Waals surface area contributed by atoms with E-state index in [0.29, 0.717) is 17.0 Å². The van der Waals surface area contributed by atoms with Crippen LogP contribution in [0.3, 0.4) is 0 Å². The lowest BCUT2D eigenvalue weighted by molar-refractivity contribution is -0.117. The Hall–Kier alpha value is -2.98. The maximum atomic E-state index is 12.5. The van der Waals surface area contributed by atoms with Crippen molar-refractivity contribution in [2.75, 3.05) is 5.32 Å². The molecular formula is C19H21N3O5S2. The number of para-hydroxylation sites is 1. The van der Waals surface area contributed by atoms with Gasteiger partial charge in [0.05, 0.1) is 16.6 Å². The summed E-state index contributed by atoms with van der Waals surface area (Å²) in [5, 5.41) is 5.39. The van der Waals surface area contributed by atoms with Gasteiger partial charge in [-0.1, -0.05) is 12.1 Å². The summed E-state index contributed by atoms with van der Waals surface area (Å²) in [5.41, 5.74) is 0.797. The highest BCUT2D eigenvalue weighted by Crippen LogP contribution is 2.19. The topological polar surface area (TPSA) is 114 Å². The Labute approximate surface area is 174 Å². The van der Waals surface area contributed by atoms with Crippen LogP contribution in [0.15, 0.2) is 53.4 Å². The number of carbonyl (C=O) groups is 2. The molecule has 2 rings (SSSR count). The van der Waals surface area contributed by atoms with Gasteiger partial charge in [0.2, 0.25) is 5.91 Å². The molecule has 0 aliphatic heterocycles. The lowest BCUT2D eigenvalue weighted by atomic mass is 10.2. The van der Waals surface area contributed by atoms with Crippen molar-refractivity contribution < 1.29 is 22.7 Å². The lowest BCUT2D eigenvalue weighted by Crippen LogP contribution is -2.34. The molecule has 0 saturated heterocycles. The molecule has 0 aliphatic rings. The van der Waals surface area contributed by atoms with Gasteiger partial charge in [-0.2, -0.15) is 0 Å². The van der Waals surface area contributed by atoms with Gasteiger partial charge in [0.25, 0.3) is 15.9 Å². The first-order valence-corrected chi connectivity index (χ1v) is 10.5. The minimum absolute atomic E-state index is 0.0341. The predicted octanol–water partition coefficient (Wildman–Crippen LogP) is 2.43. The molecule has 0 radical (unpaired) electrons. The van der Waals surface area contributed by atoms with Crippen LogP contribution >= 0.6 is 12.2 Å². The van der Waals surface area contributed by atoms with Gasteiger partial charge in [-0.25, -0.2) is 13.1 Å². The molecule has 0 fully saturated rings. The average Bonchev–Trinajstić information content (AvgIpc) is 2.60. The normalized spacial score (nSPS) is 10.9. The lowest BCUT2D eigenvalue weighted by Gasteiger charge is -2.15. The summed E-state index contributed by atoms with van der Waals surface area (Å²) in [7, 11) is -3.92. The summed E-state index contributed by atoms with van der Waals surface area (Å²) < 4.78 is 31.4. The molecule has 10 heteroatoms. The molecular weight excluding hydrogens is 414 g/mol. The number of carbonyl (C=O) groups excluding carboxylic acids is 2. The van der Waals surface area contributed by atoms with E-state index in [1.165, 1.54) is 24.3 Å². The van der Waals surface area contributed by atoms with E-state index in [2.05, 4.69) is 10.6 Å². The molecule has 2 amide bonds. The van der Waals surface area contributed by atoms with Crippen LogP contribution in [0.5, 0.6) is 5.75 Å². The smallest absolute Gasteiger partial charge is 0.264 e. The first kappa shape index (κ1) is 22.3. The Morgan fingerprint density at radius 3 is 2.24 bits per heavy atom. The van der Waals surface area contributed by atoms with Gasteiger partial charge in [-0.15, -0.1) is 0 Å². The van der Waals surface area contributed by atoms with Crippen molar-refractivity contribution in [3.05, 3.63) is 54.1 Å². The second-order valence-corrected chi connectivity index (χ2v) is 8.35. The SMILES string of the molecule is CC(=O)NS(=O)(=O)c1ccc(NC(=S)NC(=O)c2ccccc2OC(C)C)cc1. The molecule has 3 N–H and O–H groups in total. The van der Waals surface area contributed by atoms with Crippen LogP contribution in [0.2, 0.25) is 0 Å². The zero-order chi connectivity index (χ0) is 21.6. The molecule has 0 spiro atoms. The number of anilines is 1. The van der Waals surface area contributed by atoms with E-state index in [-0.39, 0.29) is 16.1 Å². The molecule has 8 nitrogen and oxygen atoms in total. The number of amides is 2. The van der Waals surface area contributed by atoms with Crippen LogP contribution < -0.4 is 20.1 Å². The van der Waals surface area contributed by atoms with Crippen LogP contribution in [0, 0.1) is 0 Å². The third kappa shape index (κ3) is 6.54. The number of nitrogens with one attached hydrogen (secondary N) is 3. The van der Waals surface area contributed by atoms with Crippen LogP contribution in [0.25, 0.3) is 0 Å². The van der Waals surface area contributed by atoms with E-state index >= 15 is 0 Å². The van der Waals surface area contributed by atoms with Crippen LogP contribution in [0.4, 0.5) is 5.69 Å². The molecule has 2 aromatic carbocycles. The second-order valence-electron chi connectivity index (χ2n) is 6.26. The van der Waals surface area contributed by atoms with Gasteiger partial charge >= 0.3 is 0 Å². The van der Waals surface area contributed by atoms with E-state index in [1.54, 1.807) is 24.3 Å². The van der Waals surface area contributed by atoms with Gasteiger partial charge in [0.15, 0.2) is 5.11 Å². The Morgan fingerprint density at radius 2 is 1.66 bits per heavy atom. The fourth-order valence-corrected chi connectivity index (χ4v) is 3.51. The van der Waals surface area contributed by atoms with E-state index in [4.69, 9.17) is 17.0 Å². The summed E-state index contributed by atoms with van der Waals surface area (Å²) in [6.07, 6.45) is -0.0960. The minimum Gasteiger partial charge on any atom is -0.490 e. The zero-order valence-electron chi connectivity index (χ0n) is 16.1. The predicted molar refractivity (Wildman–Crippen MR) is 113 cm³/mol. The Kier molecular flexibility index (Phi) is 7.29. The Morgan fingerprint density at radius 1 is 1.03 bits per heavy atom. The largest absolute Gasteiger partial charge is 0.490 e. The van der Waals surface area contributed by atoms with Gasteiger partial charge in [-0.05, 0) is 62.5 Å². The quantitative estimate of drug-likeness (QED) is 0.597. The molecule has 0 atom stereocenters. The van der Waals surface area contributed by atoms with Crippen molar-refractivity contribution in [2.45, 2.75) is 31.8 Å². The number of rotatable bonds is 6. The highest BCUT2D eigenvalue weighted by atomic mass is 32.2. The van der Waals surface area contributed by atoms with Crippen molar-refractivity contribution >= 4 is 44.9 Å². The summed E-state index contributed by atoms with van der Waals surface area (Å²) in [6, 6.07) is 12.3. The van der Waals surface area contributed by atoms with Gasteiger partial charge in [0.1, 0.15) is 5.75 Å². The summed E-state index contributed by atoms with van der Waals surface area (Å²) in [4.78, 5) is 23.4. The van der Waals surface area contributed by atoms with E-state index in [1.807, 2.05) is 18.6 Å². The summed E-state index contributed by atoms with van der Waals surface area (Å²) >= 11 is 5.15. The molecule has 0 saturated carbocycles. The number of benzene rings is 2. The number of sulfonamides is 1. The number of hydrogen-bond donors (Lipinski definition) is 3.